The summed E-state index contributed by atoms with van der Waals surface area (Å²) in [6, 6.07) is 11.3. The number of carbonyl (C=O) groups excluding carboxylic acids is 3. The van der Waals surface area contributed by atoms with E-state index in [2.05, 4.69) is 19.9 Å². The van der Waals surface area contributed by atoms with Crippen molar-refractivity contribution in [1.29, 1.82) is 0 Å². The van der Waals surface area contributed by atoms with Gasteiger partial charge >= 0.3 is 0 Å². The van der Waals surface area contributed by atoms with E-state index in [0.717, 1.165) is 54.6 Å². The summed E-state index contributed by atoms with van der Waals surface area (Å²) >= 11 is 0.906. The molecule has 2 heterocycles. The van der Waals surface area contributed by atoms with E-state index < -0.39 is 0 Å². The molecular formula is C30H36N2O6S. The number of carbonyl (C=O) groups is 3. The molecule has 0 radical (unpaired) electrons. The third kappa shape index (κ3) is 7.15. The predicted octanol–water partition coefficient (Wildman–Crippen LogP) is 5.63. The molecule has 0 bridgehead atoms. The zero-order chi connectivity index (χ0) is 27.9. The fraction of sp³-hybridized carbons (Fsp3) is 0.433. The molecular weight excluding hydrogens is 516 g/mol. The molecule has 0 saturated carbocycles. The normalized spacial score (nSPS) is 16.5. The first-order valence-electron chi connectivity index (χ1n) is 13.4. The third-order valence-corrected chi connectivity index (χ3v) is 7.52. The average Bonchev–Trinajstić information content (AvgIpc) is 3.53. The van der Waals surface area contributed by atoms with Crippen LogP contribution in [0.15, 0.2) is 41.3 Å². The molecule has 9 heteroatoms. The predicted molar refractivity (Wildman–Crippen MR) is 152 cm³/mol. The van der Waals surface area contributed by atoms with Crippen molar-refractivity contribution in [3.8, 4) is 17.2 Å². The molecule has 3 amide bonds. The number of nitrogens with zero attached hydrogens (tertiary/aromatic N) is 2. The molecule has 2 aliphatic rings. The van der Waals surface area contributed by atoms with Crippen LogP contribution in [0.1, 0.15) is 56.2 Å². The Kier molecular flexibility index (Phi) is 9.56. The minimum atomic E-state index is -0.351. The van der Waals surface area contributed by atoms with Crippen molar-refractivity contribution in [3.05, 3.63) is 58.0 Å². The van der Waals surface area contributed by atoms with Crippen molar-refractivity contribution in [2.24, 2.45) is 0 Å². The number of likely N-dealkylation sites (tertiary alicyclic amines) is 1. The Bertz CT molecular complexity index is 1250. The van der Waals surface area contributed by atoms with Gasteiger partial charge in [-0.25, -0.2) is 0 Å². The summed E-state index contributed by atoms with van der Waals surface area (Å²) in [7, 11) is 0. The van der Waals surface area contributed by atoms with Gasteiger partial charge < -0.3 is 19.1 Å². The van der Waals surface area contributed by atoms with E-state index in [1.165, 1.54) is 4.90 Å². The second-order valence-electron chi connectivity index (χ2n) is 9.89. The molecule has 2 saturated heterocycles. The van der Waals surface area contributed by atoms with Crippen LogP contribution in [-0.4, -0.2) is 66.3 Å². The van der Waals surface area contributed by atoms with Crippen LogP contribution in [0.3, 0.4) is 0 Å². The van der Waals surface area contributed by atoms with Crippen LogP contribution in [0.2, 0.25) is 0 Å². The molecule has 0 aromatic heterocycles. The van der Waals surface area contributed by atoms with E-state index in [1.54, 1.807) is 29.2 Å². The van der Waals surface area contributed by atoms with Gasteiger partial charge in [0.05, 0.1) is 18.1 Å². The lowest BCUT2D eigenvalue weighted by atomic mass is 10.0. The lowest BCUT2D eigenvalue weighted by Crippen LogP contribution is -2.32. The highest BCUT2D eigenvalue weighted by molar-refractivity contribution is 8.18. The highest BCUT2D eigenvalue weighted by Gasteiger charge is 2.35. The quantitative estimate of drug-likeness (QED) is 0.334. The number of amides is 3. The Balaban J connectivity index is 1.40. The monoisotopic (exact) mass is 552 g/mol. The zero-order valence-electron chi connectivity index (χ0n) is 23.0. The molecule has 2 aromatic carbocycles. The number of benzene rings is 2. The average molecular weight is 553 g/mol. The lowest BCUT2D eigenvalue weighted by molar-refractivity contribution is -0.132. The van der Waals surface area contributed by atoms with E-state index in [-0.39, 0.29) is 36.8 Å². The van der Waals surface area contributed by atoms with Gasteiger partial charge in [-0.1, -0.05) is 32.0 Å². The summed E-state index contributed by atoms with van der Waals surface area (Å²) in [6.07, 6.45) is 3.72. The van der Waals surface area contributed by atoms with Crippen LogP contribution in [0.5, 0.6) is 17.2 Å². The van der Waals surface area contributed by atoms with Crippen molar-refractivity contribution in [1.82, 2.24) is 9.80 Å². The van der Waals surface area contributed by atoms with Crippen LogP contribution in [0.4, 0.5) is 4.79 Å². The van der Waals surface area contributed by atoms with Crippen LogP contribution >= 0.6 is 11.8 Å². The zero-order valence-corrected chi connectivity index (χ0v) is 23.8. The van der Waals surface area contributed by atoms with Gasteiger partial charge in [-0.3, -0.25) is 19.3 Å². The van der Waals surface area contributed by atoms with Gasteiger partial charge in [0.1, 0.15) is 12.4 Å². The van der Waals surface area contributed by atoms with Crippen molar-refractivity contribution < 1.29 is 28.6 Å². The van der Waals surface area contributed by atoms with Crippen molar-refractivity contribution in [2.75, 3.05) is 39.5 Å². The highest BCUT2D eigenvalue weighted by atomic mass is 32.2. The van der Waals surface area contributed by atoms with E-state index in [1.807, 2.05) is 26.0 Å². The Labute approximate surface area is 234 Å². The molecule has 0 spiro atoms. The van der Waals surface area contributed by atoms with Gasteiger partial charge in [0.15, 0.2) is 18.1 Å². The summed E-state index contributed by atoms with van der Waals surface area (Å²) < 4.78 is 17.5. The van der Waals surface area contributed by atoms with Gasteiger partial charge in [0.2, 0.25) is 0 Å². The molecule has 4 rings (SSSR count). The van der Waals surface area contributed by atoms with E-state index in [0.29, 0.717) is 34.5 Å². The fourth-order valence-electron chi connectivity index (χ4n) is 4.53. The maximum absolute atomic E-state index is 13.0. The third-order valence-electron chi connectivity index (χ3n) is 6.61. The molecule has 2 fully saturated rings. The Hall–Kier alpha value is -3.46. The second-order valence-corrected chi connectivity index (χ2v) is 10.9. The number of thioether (sulfide) groups is 1. The van der Waals surface area contributed by atoms with Crippen LogP contribution in [-0.2, 0) is 9.59 Å². The Morgan fingerprint density at radius 1 is 1.00 bits per heavy atom. The number of rotatable bonds is 11. The van der Waals surface area contributed by atoms with E-state index in [9.17, 15) is 14.4 Å². The number of aryl methyl sites for hydroxylation is 1. The van der Waals surface area contributed by atoms with Gasteiger partial charge in [-0.15, -0.1) is 0 Å². The summed E-state index contributed by atoms with van der Waals surface area (Å²) in [6.45, 7) is 10.3. The smallest absolute Gasteiger partial charge is 0.293 e. The number of ether oxygens (including phenoxy) is 3. The molecule has 0 aliphatic carbocycles. The first kappa shape index (κ1) is 28.5. The van der Waals surface area contributed by atoms with Crippen molar-refractivity contribution >= 4 is 34.9 Å². The number of hydrogen-bond donors (Lipinski definition) is 0. The van der Waals surface area contributed by atoms with Crippen LogP contribution < -0.4 is 14.2 Å². The number of hydrogen-bond acceptors (Lipinski definition) is 7. The largest absolute Gasteiger partial charge is 0.491 e. The minimum Gasteiger partial charge on any atom is -0.491 e. The standard InChI is InChI=1S/C30H36N2O6S/c1-5-36-26-17-22(9-11-24(26)38-19-28(33)31-12-6-7-13-31)18-27-29(34)32(30(35)39-27)14-15-37-25-16-21(4)8-10-23(25)20(2)3/h8-11,16-18,20H,5-7,12-15,19H2,1-4H3/b27-18-. The molecule has 2 aliphatic heterocycles. The van der Waals surface area contributed by atoms with Gasteiger partial charge in [0, 0.05) is 13.1 Å². The van der Waals surface area contributed by atoms with Gasteiger partial charge in [-0.2, -0.15) is 0 Å². The molecule has 0 atom stereocenters. The summed E-state index contributed by atoms with van der Waals surface area (Å²) in [5.74, 6) is 1.62. The first-order valence-corrected chi connectivity index (χ1v) is 14.2. The molecule has 0 unspecified atom stereocenters. The lowest BCUT2D eigenvalue weighted by Gasteiger charge is -2.17. The Morgan fingerprint density at radius 2 is 1.77 bits per heavy atom. The maximum Gasteiger partial charge on any atom is 0.293 e. The SMILES string of the molecule is CCOc1cc(/C=C2\SC(=O)N(CCOc3cc(C)ccc3C(C)C)C2=O)ccc1OCC(=O)N1CCCC1. The van der Waals surface area contributed by atoms with Crippen molar-refractivity contribution in [3.63, 3.8) is 0 Å². The number of imide groups is 1. The molecule has 0 N–H and O–H groups in total. The minimum absolute atomic E-state index is 0.0421. The molecule has 39 heavy (non-hydrogen) atoms. The van der Waals surface area contributed by atoms with Gasteiger partial charge in [0.25, 0.3) is 17.1 Å². The molecule has 8 nitrogen and oxygen atoms in total. The Morgan fingerprint density at radius 3 is 2.49 bits per heavy atom. The fourth-order valence-corrected chi connectivity index (χ4v) is 5.40. The summed E-state index contributed by atoms with van der Waals surface area (Å²) in [5.41, 5.74) is 2.87. The van der Waals surface area contributed by atoms with E-state index >= 15 is 0 Å². The second kappa shape index (κ2) is 13.1. The van der Waals surface area contributed by atoms with Crippen LogP contribution in [0, 0.1) is 6.92 Å². The molecule has 208 valence electrons. The topological polar surface area (TPSA) is 85.4 Å². The first-order chi connectivity index (χ1) is 18.8. The van der Waals surface area contributed by atoms with Crippen molar-refractivity contribution in [2.45, 2.75) is 46.5 Å². The summed E-state index contributed by atoms with van der Waals surface area (Å²) in [5, 5.41) is -0.325. The summed E-state index contributed by atoms with van der Waals surface area (Å²) in [4.78, 5) is 41.4. The molecule has 2 aromatic rings. The van der Waals surface area contributed by atoms with Gasteiger partial charge in [-0.05, 0) is 85.3 Å². The maximum atomic E-state index is 13.0. The highest BCUT2D eigenvalue weighted by Crippen LogP contribution is 2.35. The van der Waals surface area contributed by atoms with E-state index in [4.69, 9.17) is 14.2 Å². The van der Waals surface area contributed by atoms with Crippen LogP contribution in [0.25, 0.3) is 6.08 Å².